The van der Waals surface area contributed by atoms with E-state index in [0.29, 0.717) is 6.42 Å². The lowest BCUT2D eigenvalue weighted by Crippen LogP contribution is -2.54. The number of nitrogens with two attached hydrogens (primary N) is 1. The lowest BCUT2D eigenvalue weighted by atomic mass is 10.0. The van der Waals surface area contributed by atoms with Gasteiger partial charge in [0.05, 0.1) is 0 Å². The van der Waals surface area contributed by atoms with Crippen molar-refractivity contribution in [3.05, 3.63) is 71.5 Å². The van der Waals surface area contributed by atoms with Crippen molar-refractivity contribution < 1.29 is 23.5 Å². The number of rotatable bonds is 10. The minimum Gasteiger partial charge on any atom is -0.445 e. The molecule has 0 spiro atoms. The fourth-order valence-electron chi connectivity index (χ4n) is 2.99. The quantitative estimate of drug-likeness (QED) is 0.539. The van der Waals surface area contributed by atoms with E-state index in [1.807, 2.05) is 44.2 Å². The van der Waals surface area contributed by atoms with Crippen LogP contribution in [0.4, 0.5) is 9.18 Å². The van der Waals surface area contributed by atoms with E-state index in [-0.39, 0.29) is 24.5 Å². The zero-order chi connectivity index (χ0) is 22.8. The topological polar surface area (TPSA) is 111 Å². The highest BCUT2D eigenvalue weighted by Gasteiger charge is 2.27. The molecule has 166 valence electrons. The van der Waals surface area contributed by atoms with Crippen molar-refractivity contribution in [2.24, 2.45) is 11.7 Å². The first kappa shape index (κ1) is 23.9. The molecule has 2 rings (SSSR count). The summed E-state index contributed by atoms with van der Waals surface area (Å²) in [5, 5.41) is 5.06. The molecule has 2 aromatic carbocycles. The summed E-state index contributed by atoms with van der Waals surface area (Å²) >= 11 is 0. The van der Waals surface area contributed by atoms with Crippen LogP contribution in [0.2, 0.25) is 0 Å². The van der Waals surface area contributed by atoms with Crippen molar-refractivity contribution in [1.82, 2.24) is 10.6 Å². The van der Waals surface area contributed by atoms with Gasteiger partial charge in [0.15, 0.2) is 0 Å². The zero-order valence-corrected chi connectivity index (χ0v) is 17.6. The van der Waals surface area contributed by atoms with Gasteiger partial charge in [0.1, 0.15) is 24.5 Å². The molecule has 0 fully saturated rings. The van der Waals surface area contributed by atoms with Crippen LogP contribution in [0.1, 0.15) is 31.4 Å². The molecule has 0 heterocycles. The van der Waals surface area contributed by atoms with Gasteiger partial charge in [-0.2, -0.15) is 0 Å². The van der Waals surface area contributed by atoms with Gasteiger partial charge >= 0.3 is 6.09 Å². The smallest absolute Gasteiger partial charge is 0.408 e. The van der Waals surface area contributed by atoms with E-state index in [1.54, 1.807) is 6.07 Å². The molecule has 0 aliphatic carbocycles. The lowest BCUT2D eigenvalue weighted by molar-refractivity contribution is -0.128. The molecule has 0 aliphatic rings. The number of benzene rings is 2. The predicted molar refractivity (Wildman–Crippen MR) is 114 cm³/mol. The summed E-state index contributed by atoms with van der Waals surface area (Å²) in [6.45, 7) is 3.84. The summed E-state index contributed by atoms with van der Waals surface area (Å²) < 4.78 is 19.1. The molecule has 7 nitrogen and oxygen atoms in total. The van der Waals surface area contributed by atoms with Crippen LogP contribution in [-0.2, 0) is 27.4 Å². The van der Waals surface area contributed by atoms with Crippen molar-refractivity contribution in [1.29, 1.82) is 0 Å². The number of hydrogen-bond acceptors (Lipinski definition) is 4. The Balaban J connectivity index is 2.01. The van der Waals surface area contributed by atoms with E-state index >= 15 is 0 Å². The van der Waals surface area contributed by atoms with Crippen LogP contribution < -0.4 is 16.4 Å². The fourth-order valence-corrected chi connectivity index (χ4v) is 2.99. The molecule has 0 bridgehead atoms. The van der Waals surface area contributed by atoms with Crippen molar-refractivity contribution >= 4 is 17.9 Å². The maximum atomic E-state index is 13.9. The molecule has 8 heteroatoms. The van der Waals surface area contributed by atoms with Crippen molar-refractivity contribution in [2.75, 3.05) is 0 Å². The van der Waals surface area contributed by atoms with E-state index in [1.165, 1.54) is 18.2 Å². The van der Waals surface area contributed by atoms with E-state index in [9.17, 15) is 18.8 Å². The molecule has 2 aromatic rings. The number of halogens is 1. The Morgan fingerprint density at radius 2 is 1.61 bits per heavy atom. The van der Waals surface area contributed by atoms with Crippen LogP contribution in [-0.4, -0.2) is 30.0 Å². The summed E-state index contributed by atoms with van der Waals surface area (Å²) in [6.07, 6.45) is -0.535. The standard InChI is InChI=1S/C23H28FN3O4/c1-15(2)12-20(27-23(30)31-14-16-8-4-3-5-9-16)22(29)26-19(21(25)28)13-17-10-6-7-11-18(17)24/h3-11,15,19-20H,12-14H2,1-2H3,(H2,25,28)(H,26,29)(H,27,30)/t19-,20-/m0/s1. The first-order chi connectivity index (χ1) is 14.8. The average molecular weight is 429 g/mol. The van der Waals surface area contributed by atoms with Crippen LogP contribution >= 0.6 is 0 Å². The molecular formula is C23H28FN3O4. The fraction of sp³-hybridized carbons (Fsp3) is 0.348. The van der Waals surface area contributed by atoms with E-state index in [4.69, 9.17) is 10.5 Å². The van der Waals surface area contributed by atoms with Crippen LogP contribution in [0.15, 0.2) is 54.6 Å². The Kier molecular flexibility index (Phi) is 8.99. The molecule has 0 saturated carbocycles. The molecule has 0 radical (unpaired) electrons. The number of amides is 3. The maximum Gasteiger partial charge on any atom is 0.408 e. The summed E-state index contributed by atoms with van der Waals surface area (Å²) in [5.74, 6) is -1.81. The van der Waals surface area contributed by atoms with Gasteiger partial charge < -0.3 is 21.1 Å². The maximum absolute atomic E-state index is 13.9. The van der Waals surface area contributed by atoms with E-state index < -0.39 is 35.8 Å². The summed E-state index contributed by atoms with van der Waals surface area (Å²) in [4.78, 5) is 36.9. The Bertz CT molecular complexity index is 889. The van der Waals surface area contributed by atoms with Gasteiger partial charge in [0.2, 0.25) is 11.8 Å². The van der Waals surface area contributed by atoms with Gasteiger partial charge in [0, 0.05) is 6.42 Å². The van der Waals surface area contributed by atoms with Crippen LogP contribution in [0.5, 0.6) is 0 Å². The summed E-state index contributed by atoms with van der Waals surface area (Å²) in [7, 11) is 0. The van der Waals surface area contributed by atoms with Gasteiger partial charge in [-0.1, -0.05) is 62.4 Å². The normalized spacial score (nSPS) is 12.6. The highest BCUT2D eigenvalue weighted by molar-refractivity contribution is 5.90. The van der Waals surface area contributed by atoms with Gasteiger partial charge in [-0.05, 0) is 29.5 Å². The van der Waals surface area contributed by atoms with Crippen LogP contribution in [0, 0.1) is 11.7 Å². The lowest BCUT2D eigenvalue weighted by Gasteiger charge is -2.23. The van der Waals surface area contributed by atoms with Crippen LogP contribution in [0.25, 0.3) is 0 Å². The molecule has 0 saturated heterocycles. The molecule has 3 amide bonds. The molecular weight excluding hydrogens is 401 g/mol. The first-order valence-corrected chi connectivity index (χ1v) is 10.1. The SMILES string of the molecule is CC(C)C[C@H](NC(=O)OCc1ccccc1)C(=O)N[C@@H](Cc1ccccc1F)C(N)=O. The van der Waals surface area contributed by atoms with Gasteiger partial charge in [0.25, 0.3) is 0 Å². The molecule has 4 N–H and O–H groups in total. The molecule has 2 atom stereocenters. The molecule has 31 heavy (non-hydrogen) atoms. The summed E-state index contributed by atoms with van der Waals surface area (Å²) in [6, 6.07) is 13.0. The number of primary amides is 1. The molecule has 0 aliphatic heterocycles. The molecule has 0 unspecified atom stereocenters. The minimum atomic E-state index is -1.12. The van der Waals surface area contributed by atoms with E-state index in [0.717, 1.165) is 5.56 Å². The third-order valence-corrected chi connectivity index (χ3v) is 4.57. The van der Waals surface area contributed by atoms with Crippen LogP contribution in [0.3, 0.4) is 0 Å². The molecule has 0 aromatic heterocycles. The monoisotopic (exact) mass is 429 g/mol. The number of ether oxygens (including phenoxy) is 1. The third kappa shape index (κ3) is 8.08. The number of carbonyl (C=O) groups is 3. The second-order valence-corrected chi connectivity index (χ2v) is 7.65. The Hall–Kier alpha value is -3.42. The highest BCUT2D eigenvalue weighted by atomic mass is 19.1. The Labute approximate surface area is 181 Å². The zero-order valence-electron chi connectivity index (χ0n) is 17.6. The Morgan fingerprint density at radius 1 is 0.968 bits per heavy atom. The van der Waals surface area contributed by atoms with Gasteiger partial charge in [-0.25, -0.2) is 9.18 Å². The first-order valence-electron chi connectivity index (χ1n) is 10.1. The van der Waals surface area contributed by atoms with Crippen molar-refractivity contribution in [3.8, 4) is 0 Å². The Morgan fingerprint density at radius 3 is 2.23 bits per heavy atom. The van der Waals surface area contributed by atoms with Gasteiger partial charge in [-0.15, -0.1) is 0 Å². The number of alkyl carbamates (subject to hydrolysis) is 1. The third-order valence-electron chi connectivity index (χ3n) is 4.57. The number of carbonyl (C=O) groups excluding carboxylic acids is 3. The summed E-state index contributed by atoms with van der Waals surface area (Å²) in [5.41, 5.74) is 6.47. The average Bonchev–Trinajstić information content (AvgIpc) is 2.73. The van der Waals surface area contributed by atoms with Crippen molar-refractivity contribution in [2.45, 2.75) is 45.4 Å². The number of nitrogens with one attached hydrogen (secondary N) is 2. The van der Waals surface area contributed by atoms with Crippen molar-refractivity contribution in [3.63, 3.8) is 0 Å². The second kappa shape index (κ2) is 11.7. The highest BCUT2D eigenvalue weighted by Crippen LogP contribution is 2.11. The second-order valence-electron chi connectivity index (χ2n) is 7.65. The minimum absolute atomic E-state index is 0.0554. The largest absolute Gasteiger partial charge is 0.445 e. The number of hydrogen-bond donors (Lipinski definition) is 3. The van der Waals surface area contributed by atoms with Gasteiger partial charge in [-0.3, -0.25) is 9.59 Å². The van der Waals surface area contributed by atoms with E-state index in [2.05, 4.69) is 10.6 Å². The predicted octanol–water partition coefficient (Wildman–Crippen LogP) is 2.68.